The smallest absolute Gasteiger partial charge is 0.150 e. The van der Waals surface area contributed by atoms with Gasteiger partial charge in [0.25, 0.3) is 0 Å². The molecule has 0 radical (unpaired) electrons. The Morgan fingerprint density at radius 3 is 2.67 bits per heavy atom. The molecular formula is C17H25NO2S. The molecule has 0 unspecified atom stereocenters. The van der Waals surface area contributed by atoms with E-state index in [9.17, 15) is 8.42 Å². The van der Waals surface area contributed by atoms with Crippen molar-refractivity contribution in [1.29, 1.82) is 0 Å². The van der Waals surface area contributed by atoms with E-state index in [2.05, 4.69) is 37.4 Å². The van der Waals surface area contributed by atoms with Crippen molar-refractivity contribution in [3.05, 3.63) is 34.9 Å². The van der Waals surface area contributed by atoms with Crippen molar-refractivity contribution in [2.24, 2.45) is 5.92 Å². The minimum atomic E-state index is -2.74. The lowest BCUT2D eigenvalue weighted by Crippen LogP contribution is -2.32. The Kier molecular flexibility index (Phi) is 4.10. The molecule has 1 fully saturated rings. The Labute approximate surface area is 128 Å². The molecule has 0 aromatic heterocycles. The van der Waals surface area contributed by atoms with Crippen molar-refractivity contribution in [3.63, 3.8) is 0 Å². The molecule has 21 heavy (non-hydrogen) atoms. The summed E-state index contributed by atoms with van der Waals surface area (Å²) in [6.45, 7) is 5.45. The first-order valence-corrected chi connectivity index (χ1v) is 9.81. The van der Waals surface area contributed by atoms with Gasteiger partial charge in [0.1, 0.15) is 9.84 Å². The SMILES string of the molecule is Cc1cccc2c1[C@@H](C)C[C@@H]2NCC1CCS(=O)(=O)CC1. The minimum Gasteiger partial charge on any atom is -0.310 e. The van der Waals surface area contributed by atoms with Gasteiger partial charge in [-0.2, -0.15) is 0 Å². The summed E-state index contributed by atoms with van der Waals surface area (Å²) >= 11 is 0. The Morgan fingerprint density at radius 2 is 1.95 bits per heavy atom. The molecule has 4 heteroatoms. The monoisotopic (exact) mass is 307 g/mol. The van der Waals surface area contributed by atoms with Gasteiger partial charge in [0.2, 0.25) is 0 Å². The fraction of sp³-hybridized carbons (Fsp3) is 0.647. The Balaban J connectivity index is 1.62. The number of fused-ring (bicyclic) bond motifs is 1. The van der Waals surface area contributed by atoms with Crippen LogP contribution < -0.4 is 5.32 Å². The molecule has 1 aromatic rings. The van der Waals surface area contributed by atoms with Crippen molar-refractivity contribution in [1.82, 2.24) is 5.32 Å². The Hall–Kier alpha value is -0.870. The van der Waals surface area contributed by atoms with Crippen LogP contribution in [0.2, 0.25) is 0 Å². The fourth-order valence-corrected chi connectivity index (χ4v) is 5.51. The first-order valence-electron chi connectivity index (χ1n) is 7.99. The van der Waals surface area contributed by atoms with Crippen molar-refractivity contribution in [2.45, 2.75) is 45.1 Å². The summed E-state index contributed by atoms with van der Waals surface area (Å²) in [7, 11) is -2.74. The van der Waals surface area contributed by atoms with Crippen LogP contribution in [0.25, 0.3) is 0 Å². The van der Waals surface area contributed by atoms with Crippen LogP contribution in [0, 0.1) is 12.8 Å². The van der Waals surface area contributed by atoms with Crippen LogP contribution in [0.4, 0.5) is 0 Å². The van der Waals surface area contributed by atoms with E-state index in [0.29, 0.717) is 29.4 Å². The van der Waals surface area contributed by atoms with Gasteiger partial charge in [-0.25, -0.2) is 8.42 Å². The minimum absolute atomic E-state index is 0.371. The van der Waals surface area contributed by atoms with Crippen molar-refractivity contribution < 1.29 is 8.42 Å². The second kappa shape index (κ2) is 5.73. The third kappa shape index (κ3) is 3.16. The second-order valence-electron chi connectivity index (χ2n) is 6.77. The van der Waals surface area contributed by atoms with Gasteiger partial charge < -0.3 is 5.32 Å². The van der Waals surface area contributed by atoms with E-state index in [-0.39, 0.29) is 0 Å². The Morgan fingerprint density at radius 1 is 1.24 bits per heavy atom. The molecule has 1 aliphatic heterocycles. The summed E-state index contributed by atoms with van der Waals surface area (Å²) in [5.41, 5.74) is 4.36. The number of nitrogens with one attached hydrogen (secondary N) is 1. The maximum atomic E-state index is 11.5. The number of hydrogen-bond donors (Lipinski definition) is 1. The van der Waals surface area contributed by atoms with Crippen molar-refractivity contribution in [3.8, 4) is 0 Å². The summed E-state index contributed by atoms with van der Waals surface area (Å²) in [4.78, 5) is 0. The van der Waals surface area contributed by atoms with Gasteiger partial charge in [0.15, 0.2) is 0 Å². The zero-order chi connectivity index (χ0) is 15.0. The van der Waals surface area contributed by atoms with Gasteiger partial charge in [-0.05, 0) is 61.3 Å². The average Bonchev–Trinajstić information content (AvgIpc) is 2.76. The van der Waals surface area contributed by atoms with E-state index in [1.807, 2.05) is 0 Å². The molecule has 0 amide bonds. The molecule has 0 spiro atoms. The predicted molar refractivity (Wildman–Crippen MR) is 86.3 cm³/mol. The zero-order valence-corrected chi connectivity index (χ0v) is 13.7. The van der Waals surface area contributed by atoms with E-state index < -0.39 is 9.84 Å². The molecule has 2 atom stereocenters. The lowest BCUT2D eigenvalue weighted by atomic mass is 9.98. The predicted octanol–water partition coefficient (Wildman–Crippen LogP) is 2.96. The van der Waals surface area contributed by atoms with Crippen LogP contribution >= 0.6 is 0 Å². The van der Waals surface area contributed by atoms with Crippen LogP contribution in [0.3, 0.4) is 0 Å². The van der Waals surface area contributed by atoms with Crippen LogP contribution in [0.1, 0.15) is 54.8 Å². The number of sulfone groups is 1. The van der Waals surface area contributed by atoms with Gasteiger partial charge in [-0.15, -0.1) is 0 Å². The van der Waals surface area contributed by atoms with E-state index >= 15 is 0 Å². The number of rotatable bonds is 3. The number of hydrogen-bond acceptors (Lipinski definition) is 3. The summed E-state index contributed by atoms with van der Waals surface area (Å²) in [5, 5.41) is 3.70. The molecule has 1 saturated heterocycles. The molecule has 1 aromatic carbocycles. The fourth-order valence-electron chi connectivity index (χ4n) is 3.92. The standard InChI is InChI=1S/C17H25NO2S/c1-12-4-3-5-15-16(10-13(2)17(12)15)18-11-14-6-8-21(19,20)9-7-14/h3-5,13-14,16,18H,6-11H2,1-2H3/t13-,16-/m0/s1. The van der Waals surface area contributed by atoms with Gasteiger partial charge in [-0.1, -0.05) is 25.1 Å². The molecular weight excluding hydrogens is 282 g/mol. The average molecular weight is 307 g/mol. The van der Waals surface area contributed by atoms with Gasteiger partial charge in [0.05, 0.1) is 11.5 Å². The highest BCUT2D eigenvalue weighted by molar-refractivity contribution is 7.91. The summed E-state index contributed by atoms with van der Waals surface area (Å²) in [6, 6.07) is 7.03. The summed E-state index contributed by atoms with van der Waals surface area (Å²) in [6.07, 6.45) is 2.79. The maximum Gasteiger partial charge on any atom is 0.150 e. The van der Waals surface area contributed by atoms with Crippen LogP contribution in [-0.4, -0.2) is 26.5 Å². The molecule has 0 saturated carbocycles. The van der Waals surface area contributed by atoms with E-state index in [4.69, 9.17) is 0 Å². The summed E-state index contributed by atoms with van der Waals surface area (Å²) < 4.78 is 23.0. The zero-order valence-electron chi connectivity index (χ0n) is 12.9. The van der Waals surface area contributed by atoms with Crippen LogP contribution in [0.15, 0.2) is 18.2 Å². The maximum absolute atomic E-state index is 11.5. The highest BCUT2D eigenvalue weighted by Gasteiger charge is 2.30. The third-order valence-corrected chi connectivity index (χ3v) is 6.86. The topological polar surface area (TPSA) is 46.2 Å². The van der Waals surface area contributed by atoms with Crippen LogP contribution in [0.5, 0.6) is 0 Å². The molecule has 116 valence electrons. The van der Waals surface area contributed by atoms with Gasteiger partial charge in [-0.3, -0.25) is 0 Å². The number of benzene rings is 1. The molecule has 3 rings (SSSR count). The van der Waals surface area contributed by atoms with Gasteiger partial charge in [0, 0.05) is 6.04 Å². The normalized spacial score (nSPS) is 28.5. The lowest BCUT2D eigenvalue weighted by molar-refractivity contribution is 0.395. The van der Waals surface area contributed by atoms with Crippen molar-refractivity contribution in [2.75, 3.05) is 18.1 Å². The highest BCUT2D eigenvalue weighted by atomic mass is 32.2. The molecule has 2 aliphatic rings. The Bertz CT molecular complexity index is 610. The van der Waals surface area contributed by atoms with Gasteiger partial charge >= 0.3 is 0 Å². The quantitative estimate of drug-likeness (QED) is 0.934. The lowest BCUT2D eigenvalue weighted by Gasteiger charge is -2.24. The second-order valence-corrected chi connectivity index (χ2v) is 9.07. The number of aryl methyl sites for hydroxylation is 1. The molecule has 3 nitrogen and oxygen atoms in total. The molecule has 1 N–H and O–H groups in total. The van der Waals surface area contributed by atoms with E-state index in [1.165, 1.54) is 16.7 Å². The largest absolute Gasteiger partial charge is 0.310 e. The molecule has 1 aliphatic carbocycles. The van der Waals surface area contributed by atoms with Crippen LogP contribution in [-0.2, 0) is 9.84 Å². The highest BCUT2D eigenvalue weighted by Crippen LogP contribution is 2.41. The molecule has 0 bridgehead atoms. The summed E-state index contributed by atoms with van der Waals surface area (Å²) in [5.74, 6) is 1.87. The molecule has 1 heterocycles. The first-order chi connectivity index (χ1) is 9.96. The van der Waals surface area contributed by atoms with Crippen molar-refractivity contribution >= 4 is 9.84 Å². The van der Waals surface area contributed by atoms with E-state index in [0.717, 1.165) is 25.8 Å². The first kappa shape index (κ1) is 15.0. The third-order valence-electron chi connectivity index (χ3n) is 5.14. The van der Waals surface area contributed by atoms with E-state index in [1.54, 1.807) is 0 Å².